The van der Waals surface area contributed by atoms with E-state index in [0.29, 0.717) is 28.7 Å². The predicted molar refractivity (Wildman–Crippen MR) is 85.6 cm³/mol. The third-order valence-electron chi connectivity index (χ3n) is 3.09. The molecule has 0 radical (unpaired) electrons. The molecule has 5 heteroatoms. The topological polar surface area (TPSA) is 65.2 Å². The highest BCUT2D eigenvalue weighted by atomic mass is 16.5. The van der Waals surface area contributed by atoms with E-state index in [2.05, 4.69) is 16.8 Å². The molecule has 23 heavy (non-hydrogen) atoms. The molecule has 0 unspecified atom stereocenters. The summed E-state index contributed by atoms with van der Waals surface area (Å²) in [5.74, 6) is 0.717. The van der Waals surface area contributed by atoms with Gasteiger partial charge in [-0.1, -0.05) is 30.8 Å². The van der Waals surface area contributed by atoms with Gasteiger partial charge in [0.25, 0.3) is 0 Å². The summed E-state index contributed by atoms with van der Waals surface area (Å²) in [6.07, 6.45) is 0. The molecule has 114 valence electrons. The van der Waals surface area contributed by atoms with Crippen molar-refractivity contribution in [3.05, 3.63) is 66.7 Å². The van der Waals surface area contributed by atoms with E-state index < -0.39 is 5.97 Å². The lowest BCUT2D eigenvalue weighted by Gasteiger charge is -2.04. The van der Waals surface area contributed by atoms with E-state index in [1.807, 2.05) is 30.3 Å². The number of benzene rings is 2. The summed E-state index contributed by atoms with van der Waals surface area (Å²) in [6.45, 7) is 5.15. The largest absolute Gasteiger partial charge is 0.423 e. The number of nitrogens with zero attached hydrogens (tertiary/aromatic N) is 2. The van der Waals surface area contributed by atoms with Crippen molar-refractivity contribution in [1.29, 1.82) is 0 Å². The molecule has 0 atom stereocenters. The first-order valence-corrected chi connectivity index (χ1v) is 7.00. The number of rotatable bonds is 4. The summed E-state index contributed by atoms with van der Waals surface area (Å²) in [7, 11) is 0. The van der Waals surface area contributed by atoms with Gasteiger partial charge in [-0.2, -0.15) is 0 Å². The van der Waals surface area contributed by atoms with Gasteiger partial charge in [0.1, 0.15) is 5.75 Å². The van der Waals surface area contributed by atoms with Gasteiger partial charge in [0, 0.05) is 16.7 Å². The smallest absolute Gasteiger partial charge is 0.338 e. The first-order valence-electron chi connectivity index (χ1n) is 7.00. The highest BCUT2D eigenvalue weighted by molar-refractivity contribution is 5.88. The fourth-order valence-corrected chi connectivity index (χ4v) is 1.92. The lowest BCUT2D eigenvalue weighted by atomic mass is 10.2. The highest BCUT2D eigenvalue weighted by Gasteiger charge is 2.12. The van der Waals surface area contributed by atoms with E-state index in [9.17, 15) is 4.79 Å². The number of ether oxygens (including phenoxy) is 1. The van der Waals surface area contributed by atoms with Crippen LogP contribution in [0.3, 0.4) is 0 Å². The first-order chi connectivity index (χ1) is 11.1. The Labute approximate surface area is 133 Å². The molecule has 0 fully saturated rings. The molecule has 3 aromatic rings. The molecule has 0 N–H and O–H groups in total. The Morgan fingerprint density at radius 3 is 2.35 bits per heavy atom. The number of carbonyl (C=O) groups excluding carboxylic acids is 1. The van der Waals surface area contributed by atoms with Gasteiger partial charge < -0.3 is 9.15 Å². The minimum absolute atomic E-state index is 0.333. The van der Waals surface area contributed by atoms with E-state index in [1.54, 1.807) is 31.2 Å². The maximum absolute atomic E-state index is 11.6. The fraction of sp³-hybridized carbons (Fsp3) is 0.0556. The molecule has 0 saturated carbocycles. The van der Waals surface area contributed by atoms with Crippen molar-refractivity contribution in [2.75, 3.05) is 0 Å². The van der Waals surface area contributed by atoms with E-state index in [0.717, 1.165) is 5.56 Å². The summed E-state index contributed by atoms with van der Waals surface area (Å²) >= 11 is 0. The third kappa shape index (κ3) is 3.35. The molecular weight excluding hydrogens is 292 g/mol. The van der Waals surface area contributed by atoms with Gasteiger partial charge in [-0.15, -0.1) is 10.2 Å². The lowest BCUT2D eigenvalue weighted by molar-refractivity contribution is -0.130. The average Bonchev–Trinajstić information content (AvgIpc) is 3.06. The second-order valence-electron chi connectivity index (χ2n) is 4.98. The van der Waals surface area contributed by atoms with E-state index in [4.69, 9.17) is 9.15 Å². The standard InChI is InChI=1S/C18H14N2O3/c1-12(2)18(21)22-15-10-6-9-14(11-15)17-20-19-16(23-17)13-7-4-3-5-8-13/h3-11H,1H2,2H3. The zero-order valence-corrected chi connectivity index (χ0v) is 12.5. The number of hydrogen-bond donors (Lipinski definition) is 0. The second-order valence-corrected chi connectivity index (χ2v) is 4.98. The molecule has 3 rings (SSSR count). The van der Waals surface area contributed by atoms with Gasteiger partial charge >= 0.3 is 5.97 Å². The molecule has 0 aliphatic heterocycles. The first kappa shape index (κ1) is 14.7. The minimum atomic E-state index is -0.474. The van der Waals surface area contributed by atoms with Crippen molar-refractivity contribution in [3.8, 4) is 28.7 Å². The van der Waals surface area contributed by atoms with Crippen LogP contribution in [0.5, 0.6) is 5.75 Å². The van der Waals surface area contributed by atoms with Gasteiger partial charge in [-0.25, -0.2) is 4.79 Å². The molecular formula is C18H14N2O3. The van der Waals surface area contributed by atoms with E-state index >= 15 is 0 Å². The van der Waals surface area contributed by atoms with E-state index in [1.165, 1.54) is 0 Å². The van der Waals surface area contributed by atoms with Crippen molar-refractivity contribution in [2.24, 2.45) is 0 Å². The second kappa shape index (κ2) is 6.27. The SMILES string of the molecule is C=C(C)C(=O)Oc1cccc(-c2nnc(-c3ccccc3)o2)c1. The van der Waals surface area contributed by atoms with Crippen LogP contribution >= 0.6 is 0 Å². The average molecular weight is 306 g/mol. The van der Waals surface area contributed by atoms with Crippen LogP contribution in [-0.2, 0) is 4.79 Å². The quantitative estimate of drug-likeness (QED) is 0.416. The number of aromatic nitrogens is 2. The molecule has 5 nitrogen and oxygen atoms in total. The summed E-state index contributed by atoms with van der Waals surface area (Å²) in [4.78, 5) is 11.6. The molecule has 0 amide bonds. The van der Waals surface area contributed by atoms with Crippen molar-refractivity contribution in [1.82, 2.24) is 10.2 Å². The zero-order valence-electron chi connectivity index (χ0n) is 12.5. The highest BCUT2D eigenvalue weighted by Crippen LogP contribution is 2.26. The number of esters is 1. The third-order valence-corrected chi connectivity index (χ3v) is 3.09. The molecule has 0 aliphatic rings. The molecule has 0 bridgehead atoms. The van der Waals surface area contributed by atoms with Crippen molar-refractivity contribution in [2.45, 2.75) is 6.92 Å². The Kier molecular flexibility index (Phi) is 4.01. The van der Waals surface area contributed by atoms with Crippen LogP contribution in [0.2, 0.25) is 0 Å². The maximum Gasteiger partial charge on any atom is 0.338 e. The summed E-state index contributed by atoms with van der Waals surface area (Å²) in [6, 6.07) is 16.4. The van der Waals surface area contributed by atoms with Crippen LogP contribution in [0.25, 0.3) is 22.9 Å². The molecule has 2 aromatic carbocycles. The molecule has 0 spiro atoms. The van der Waals surface area contributed by atoms with Gasteiger partial charge in [0.15, 0.2) is 0 Å². The van der Waals surface area contributed by atoms with Crippen LogP contribution in [0.4, 0.5) is 0 Å². The normalized spacial score (nSPS) is 10.3. The Hall–Kier alpha value is -3.21. The van der Waals surface area contributed by atoms with Crippen LogP contribution < -0.4 is 4.74 Å². The van der Waals surface area contributed by atoms with Crippen LogP contribution in [0, 0.1) is 0 Å². The summed E-state index contributed by atoms with van der Waals surface area (Å²) in [5.41, 5.74) is 1.85. The summed E-state index contributed by atoms with van der Waals surface area (Å²) < 4.78 is 10.9. The summed E-state index contributed by atoms with van der Waals surface area (Å²) in [5, 5.41) is 8.09. The maximum atomic E-state index is 11.6. The Bertz CT molecular complexity index is 853. The molecule has 0 aliphatic carbocycles. The Morgan fingerprint density at radius 1 is 1.00 bits per heavy atom. The molecule has 1 aromatic heterocycles. The zero-order chi connectivity index (χ0) is 16.2. The van der Waals surface area contributed by atoms with Gasteiger partial charge in [0.2, 0.25) is 11.8 Å². The molecule has 1 heterocycles. The van der Waals surface area contributed by atoms with E-state index in [-0.39, 0.29) is 0 Å². The van der Waals surface area contributed by atoms with Gasteiger partial charge in [-0.3, -0.25) is 0 Å². The fourth-order valence-electron chi connectivity index (χ4n) is 1.92. The van der Waals surface area contributed by atoms with Crippen molar-refractivity contribution in [3.63, 3.8) is 0 Å². The van der Waals surface area contributed by atoms with Gasteiger partial charge in [-0.05, 0) is 37.3 Å². The predicted octanol–water partition coefficient (Wildman–Crippen LogP) is 3.89. The lowest BCUT2D eigenvalue weighted by Crippen LogP contribution is -2.08. The van der Waals surface area contributed by atoms with Crippen LogP contribution in [0.1, 0.15) is 6.92 Å². The Balaban J connectivity index is 1.87. The molecule has 0 saturated heterocycles. The van der Waals surface area contributed by atoms with Crippen LogP contribution in [-0.4, -0.2) is 16.2 Å². The minimum Gasteiger partial charge on any atom is -0.423 e. The monoisotopic (exact) mass is 306 g/mol. The van der Waals surface area contributed by atoms with Crippen LogP contribution in [0.15, 0.2) is 71.2 Å². The number of carbonyl (C=O) groups is 1. The van der Waals surface area contributed by atoms with Gasteiger partial charge in [0.05, 0.1) is 0 Å². The Morgan fingerprint density at radius 2 is 1.65 bits per heavy atom. The number of hydrogen-bond acceptors (Lipinski definition) is 5. The van der Waals surface area contributed by atoms with Crippen molar-refractivity contribution < 1.29 is 13.9 Å². The van der Waals surface area contributed by atoms with Crippen molar-refractivity contribution >= 4 is 5.97 Å².